The molecule has 0 radical (unpaired) electrons. The fourth-order valence-corrected chi connectivity index (χ4v) is 1.90. The first-order chi connectivity index (χ1) is 8.28. The zero-order chi connectivity index (χ0) is 13.8. The third-order valence-corrected chi connectivity index (χ3v) is 3.10. The average molecular weight is 259 g/mol. The molecule has 1 aromatic carbocycles. The van der Waals surface area contributed by atoms with Crippen LogP contribution in [0.1, 0.15) is 36.0 Å². The molecule has 1 nitrogen and oxygen atoms in total. The smallest absolute Gasteiger partial charge is 0.327 e. The molecule has 1 rings (SSSR count). The number of hydrogen-bond acceptors (Lipinski definition) is 1. The first-order valence-electron chi connectivity index (χ1n) is 6.16. The molecule has 0 bridgehead atoms. The minimum absolute atomic E-state index is 0.107. The van der Waals surface area contributed by atoms with Crippen molar-refractivity contribution in [3.05, 3.63) is 34.9 Å². The summed E-state index contributed by atoms with van der Waals surface area (Å²) in [5, 5.41) is 0. The molecule has 0 aliphatic heterocycles. The molecule has 1 aromatic rings. The predicted octanol–water partition coefficient (Wildman–Crippen LogP) is 3.91. The van der Waals surface area contributed by atoms with Gasteiger partial charge in [-0.1, -0.05) is 18.2 Å². The molecule has 0 saturated heterocycles. The topological polar surface area (TPSA) is 26.0 Å². The molecule has 0 saturated carbocycles. The van der Waals surface area contributed by atoms with Crippen LogP contribution in [-0.4, -0.2) is 12.2 Å². The van der Waals surface area contributed by atoms with Crippen molar-refractivity contribution < 1.29 is 13.2 Å². The number of rotatable bonds is 5. The van der Waals surface area contributed by atoms with E-state index in [0.717, 1.165) is 5.56 Å². The van der Waals surface area contributed by atoms with Gasteiger partial charge in [0.2, 0.25) is 0 Å². The van der Waals surface area contributed by atoms with Crippen LogP contribution >= 0.6 is 0 Å². The van der Waals surface area contributed by atoms with Crippen LogP contribution in [0.15, 0.2) is 18.2 Å². The lowest BCUT2D eigenvalue weighted by atomic mass is 9.98. The first-order valence-corrected chi connectivity index (χ1v) is 6.16. The van der Waals surface area contributed by atoms with E-state index in [4.69, 9.17) is 5.73 Å². The summed E-state index contributed by atoms with van der Waals surface area (Å²) in [5.74, 6) is 0. The lowest BCUT2D eigenvalue weighted by Crippen LogP contribution is -2.23. The van der Waals surface area contributed by atoms with E-state index in [-0.39, 0.29) is 12.5 Å². The zero-order valence-corrected chi connectivity index (χ0v) is 10.8. The number of hydrogen-bond donors (Lipinski definition) is 1. The average Bonchev–Trinajstić information content (AvgIpc) is 2.21. The van der Waals surface area contributed by atoms with Gasteiger partial charge in [0, 0.05) is 12.5 Å². The Morgan fingerprint density at radius 3 is 2.39 bits per heavy atom. The lowest BCUT2D eigenvalue weighted by Gasteiger charge is -2.13. The monoisotopic (exact) mass is 259 g/mol. The summed E-state index contributed by atoms with van der Waals surface area (Å²) < 4.78 is 36.0. The fraction of sp³-hybridized carbons (Fsp3) is 0.571. The van der Waals surface area contributed by atoms with Gasteiger partial charge in [-0.3, -0.25) is 0 Å². The number of aryl methyl sites for hydroxylation is 2. The van der Waals surface area contributed by atoms with Crippen LogP contribution in [0.5, 0.6) is 0 Å². The Balaban J connectivity index is 2.40. The Morgan fingerprint density at radius 1 is 1.17 bits per heavy atom. The summed E-state index contributed by atoms with van der Waals surface area (Å²) in [6, 6.07) is 5.87. The van der Waals surface area contributed by atoms with Crippen molar-refractivity contribution in [1.29, 1.82) is 0 Å². The summed E-state index contributed by atoms with van der Waals surface area (Å²) >= 11 is 0. The summed E-state index contributed by atoms with van der Waals surface area (Å²) in [5.41, 5.74) is 9.35. The molecule has 102 valence electrons. The predicted molar refractivity (Wildman–Crippen MR) is 67.5 cm³/mol. The molecule has 2 N–H and O–H groups in total. The normalized spacial score (nSPS) is 13.7. The second-order valence-electron chi connectivity index (χ2n) is 4.89. The highest BCUT2D eigenvalue weighted by atomic mass is 19.4. The van der Waals surface area contributed by atoms with Crippen LogP contribution in [0.4, 0.5) is 13.2 Å². The molecule has 0 aliphatic carbocycles. The van der Waals surface area contributed by atoms with Gasteiger partial charge < -0.3 is 5.73 Å². The molecule has 0 heterocycles. The van der Waals surface area contributed by atoms with E-state index in [2.05, 4.69) is 6.07 Å². The van der Waals surface area contributed by atoms with E-state index in [1.807, 2.05) is 26.0 Å². The third-order valence-electron chi connectivity index (χ3n) is 3.10. The SMILES string of the molecule is Cc1ccc(CC(N)CCCC(F)(F)F)cc1C. The first kappa shape index (κ1) is 15.0. The maximum Gasteiger partial charge on any atom is 0.389 e. The van der Waals surface area contributed by atoms with Crippen molar-refractivity contribution in [2.45, 2.75) is 51.7 Å². The Bertz CT molecular complexity index is 385. The Morgan fingerprint density at radius 2 is 1.83 bits per heavy atom. The van der Waals surface area contributed by atoms with Gasteiger partial charge in [-0.2, -0.15) is 13.2 Å². The summed E-state index contributed by atoms with van der Waals surface area (Å²) in [4.78, 5) is 0. The van der Waals surface area contributed by atoms with Crippen molar-refractivity contribution in [3.8, 4) is 0 Å². The second kappa shape index (κ2) is 6.23. The molecule has 0 spiro atoms. The van der Waals surface area contributed by atoms with E-state index in [1.54, 1.807) is 0 Å². The molecule has 0 aliphatic rings. The van der Waals surface area contributed by atoms with Gasteiger partial charge in [-0.05, 0) is 49.8 Å². The Hall–Kier alpha value is -1.03. The summed E-state index contributed by atoms with van der Waals surface area (Å²) in [6.45, 7) is 4.05. The zero-order valence-electron chi connectivity index (χ0n) is 10.8. The van der Waals surface area contributed by atoms with Crippen molar-refractivity contribution in [1.82, 2.24) is 0 Å². The lowest BCUT2D eigenvalue weighted by molar-refractivity contribution is -0.135. The van der Waals surface area contributed by atoms with Crippen LogP contribution in [0.25, 0.3) is 0 Å². The number of alkyl halides is 3. The largest absolute Gasteiger partial charge is 0.389 e. The van der Waals surface area contributed by atoms with E-state index < -0.39 is 12.6 Å². The summed E-state index contributed by atoms with van der Waals surface area (Å²) in [6.07, 6.45) is -3.66. The quantitative estimate of drug-likeness (QED) is 0.852. The molecule has 0 aromatic heterocycles. The van der Waals surface area contributed by atoms with Crippen molar-refractivity contribution in [3.63, 3.8) is 0 Å². The minimum atomic E-state index is -4.07. The maximum atomic E-state index is 12.0. The molecular weight excluding hydrogens is 239 g/mol. The number of halogens is 3. The molecule has 1 atom stereocenters. The van der Waals surface area contributed by atoms with E-state index >= 15 is 0 Å². The highest BCUT2D eigenvalue weighted by molar-refractivity contribution is 5.30. The Kier molecular flexibility index (Phi) is 5.20. The van der Waals surface area contributed by atoms with Gasteiger partial charge in [-0.25, -0.2) is 0 Å². The molecule has 0 amide bonds. The van der Waals surface area contributed by atoms with Crippen LogP contribution in [0.2, 0.25) is 0 Å². The second-order valence-corrected chi connectivity index (χ2v) is 4.89. The van der Waals surface area contributed by atoms with Crippen LogP contribution in [0, 0.1) is 13.8 Å². The van der Waals surface area contributed by atoms with Gasteiger partial charge in [0.1, 0.15) is 0 Å². The van der Waals surface area contributed by atoms with E-state index in [9.17, 15) is 13.2 Å². The van der Waals surface area contributed by atoms with Gasteiger partial charge in [-0.15, -0.1) is 0 Å². The van der Waals surface area contributed by atoms with Crippen LogP contribution in [-0.2, 0) is 6.42 Å². The van der Waals surface area contributed by atoms with Crippen molar-refractivity contribution >= 4 is 0 Å². The maximum absolute atomic E-state index is 12.0. The fourth-order valence-electron chi connectivity index (χ4n) is 1.90. The highest BCUT2D eigenvalue weighted by Gasteiger charge is 2.26. The number of benzene rings is 1. The van der Waals surface area contributed by atoms with Gasteiger partial charge in [0.25, 0.3) is 0 Å². The van der Waals surface area contributed by atoms with Crippen molar-refractivity contribution in [2.75, 3.05) is 0 Å². The van der Waals surface area contributed by atoms with Crippen LogP contribution < -0.4 is 5.73 Å². The molecule has 1 unspecified atom stereocenters. The third kappa shape index (κ3) is 5.54. The van der Waals surface area contributed by atoms with Crippen LogP contribution in [0.3, 0.4) is 0 Å². The minimum Gasteiger partial charge on any atom is -0.327 e. The van der Waals surface area contributed by atoms with Crippen molar-refractivity contribution in [2.24, 2.45) is 5.73 Å². The molecule has 18 heavy (non-hydrogen) atoms. The standard InChI is InChI=1S/C14H20F3N/c1-10-5-6-12(8-11(10)2)9-13(18)4-3-7-14(15,16)17/h5-6,8,13H,3-4,7,9,18H2,1-2H3. The molecule has 0 fully saturated rings. The number of nitrogens with two attached hydrogens (primary N) is 1. The van der Waals surface area contributed by atoms with Gasteiger partial charge in [0.15, 0.2) is 0 Å². The van der Waals surface area contributed by atoms with Gasteiger partial charge in [0.05, 0.1) is 0 Å². The summed E-state index contributed by atoms with van der Waals surface area (Å²) in [7, 11) is 0. The molecule has 4 heteroatoms. The molecular formula is C14H20F3N. The van der Waals surface area contributed by atoms with Gasteiger partial charge >= 0.3 is 6.18 Å². The highest BCUT2D eigenvalue weighted by Crippen LogP contribution is 2.23. The van der Waals surface area contributed by atoms with E-state index in [1.165, 1.54) is 11.1 Å². The Labute approximate surface area is 106 Å². The van der Waals surface area contributed by atoms with E-state index in [0.29, 0.717) is 12.8 Å².